The molecule has 3 aliphatic rings. The number of benzene rings is 1. The Morgan fingerprint density at radius 2 is 1.97 bits per heavy atom. The first-order valence-electron chi connectivity index (χ1n) is 11.6. The predicted octanol–water partition coefficient (Wildman–Crippen LogP) is 4.85. The van der Waals surface area contributed by atoms with E-state index in [1.807, 2.05) is 17.0 Å². The van der Waals surface area contributed by atoms with Gasteiger partial charge in [-0.05, 0) is 55.7 Å². The van der Waals surface area contributed by atoms with Crippen LogP contribution in [-0.2, 0) is 16.1 Å². The third-order valence-electron chi connectivity index (χ3n) is 6.82. The molecule has 1 saturated heterocycles. The summed E-state index contributed by atoms with van der Waals surface area (Å²) in [5.74, 6) is 0.0776. The van der Waals surface area contributed by atoms with Gasteiger partial charge in [0.1, 0.15) is 5.82 Å². The van der Waals surface area contributed by atoms with Crippen molar-refractivity contribution in [3.8, 4) is 6.07 Å². The first-order chi connectivity index (χ1) is 16.5. The molecule has 1 atom stereocenters. The van der Waals surface area contributed by atoms with Crippen LogP contribution in [0.1, 0.15) is 40.5 Å². The van der Waals surface area contributed by atoms with Crippen LogP contribution in [0.4, 0.5) is 5.69 Å². The van der Waals surface area contributed by atoms with Gasteiger partial charge < -0.3 is 10.5 Å². The van der Waals surface area contributed by atoms with Crippen LogP contribution in [0.5, 0.6) is 0 Å². The van der Waals surface area contributed by atoms with E-state index in [1.165, 1.54) is 10.4 Å². The lowest BCUT2D eigenvalue weighted by atomic mass is 9.78. The second kappa shape index (κ2) is 9.55. The molecule has 1 aliphatic carbocycles. The number of anilines is 1. The zero-order valence-corrected chi connectivity index (χ0v) is 20.7. The van der Waals surface area contributed by atoms with Gasteiger partial charge in [0.25, 0.3) is 0 Å². The molecular formula is C26H27ClN4O2S. The lowest BCUT2D eigenvalue weighted by Crippen LogP contribution is -2.38. The van der Waals surface area contributed by atoms with Crippen LogP contribution in [0.3, 0.4) is 0 Å². The highest BCUT2D eigenvalue weighted by molar-refractivity contribution is 7.12. The van der Waals surface area contributed by atoms with Gasteiger partial charge in [-0.25, -0.2) is 0 Å². The fourth-order valence-corrected chi connectivity index (χ4v) is 6.39. The molecule has 34 heavy (non-hydrogen) atoms. The minimum Gasteiger partial charge on any atom is -0.384 e. The first kappa shape index (κ1) is 23.1. The number of ether oxygens (including phenoxy) is 1. The molecule has 0 amide bonds. The Hall–Kier alpha value is -2.63. The number of allylic oxidation sites excluding steroid dienone is 3. The minimum absolute atomic E-state index is 0.103. The molecule has 1 aromatic carbocycles. The number of nitriles is 1. The van der Waals surface area contributed by atoms with Crippen molar-refractivity contribution in [1.82, 2.24) is 4.90 Å². The summed E-state index contributed by atoms with van der Waals surface area (Å²) < 4.78 is 5.48. The topological polar surface area (TPSA) is 82.6 Å². The molecule has 0 spiro atoms. The van der Waals surface area contributed by atoms with Gasteiger partial charge in [-0.2, -0.15) is 5.26 Å². The van der Waals surface area contributed by atoms with E-state index in [0.29, 0.717) is 28.4 Å². The van der Waals surface area contributed by atoms with Crippen LogP contribution >= 0.6 is 22.9 Å². The van der Waals surface area contributed by atoms with E-state index in [0.717, 1.165) is 62.0 Å². The van der Waals surface area contributed by atoms with Crippen LogP contribution in [0.15, 0.2) is 53.0 Å². The summed E-state index contributed by atoms with van der Waals surface area (Å²) in [5.41, 5.74) is 10.8. The van der Waals surface area contributed by atoms with Crippen LogP contribution in [0.2, 0.25) is 5.02 Å². The highest BCUT2D eigenvalue weighted by Gasteiger charge is 2.41. The average Bonchev–Trinajstić information content (AvgIpc) is 3.19. The number of nitrogens with two attached hydrogens (primary N) is 1. The van der Waals surface area contributed by atoms with E-state index in [-0.39, 0.29) is 5.78 Å². The lowest BCUT2D eigenvalue weighted by Gasteiger charge is -2.39. The molecule has 2 aliphatic heterocycles. The molecule has 3 heterocycles. The van der Waals surface area contributed by atoms with Gasteiger partial charge in [0.15, 0.2) is 5.78 Å². The fourth-order valence-electron chi connectivity index (χ4n) is 5.10. The van der Waals surface area contributed by atoms with Crippen molar-refractivity contribution in [3.63, 3.8) is 0 Å². The number of thiophene rings is 1. The maximum absolute atomic E-state index is 13.3. The Labute approximate surface area is 208 Å². The van der Waals surface area contributed by atoms with Crippen molar-refractivity contribution in [3.05, 3.63) is 73.3 Å². The van der Waals surface area contributed by atoms with Crippen molar-refractivity contribution >= 4 is 34.4 Å². The van der Waals surface area contributed by atoms with Crippen molar-refractivity contribution in [1.29, 1.82) is 5.26 Å². The summed E-state index contributed by atoms with van der Waals surface area (Å²) in [6.45, 7) is 6.28. The molecular weight excluding hydrogens is 468 g/mol. The van der Waals surface area contributed by atoms with Gasteiger partial charge in [0, 0.05) is 57.8 Å². The van der Waals surface area contributed by atoms with Crippen molar-refractivity contribution in [2.45, 2.75) is 38.6 Å². The summed E-state index contributed by atoms with van der Waals surface area (Å²) >= 11 is 7.77. The summed E-state index contributed by atoms with van der Waals surface area (Å²) in [6, 6.07) is 11.9. The van der Waals surface area contributed by atoms with Crippen LogP contribution in [0, 0.1) is 18.3 Å². The molecule has 5 rings (SSSR count). The number of hydrogen-bond acceptors (Lipinski definition) is 7. The SMILES string of the molecule is Cc1sc(C2C(C#N)=C(N)N(c3ccc(Cl)cc3)C3=C2C(=O)CCC3)cc1CN1CCOCC1. The van der Waals surface area contributed by atoms with Crippen LogP contribution < -0.4 is 10.6 Å². The number of carbonyl (C=O) groups excluding carboxylic acids is 1. The Kier molecular flexibility index (Phi) is 6.50. The van der Waals surface area contributed by atoms with E-state index in [2.05, 4.69) is 24.0 Å². The van der Waals surface area contributed by atoms with Gasteiger partial charge >= 0.3 is 0 Å². The highest BCUT2D eigenvalue weighted by Crippen LogP contribution is 2.48. The number of morpholine rings is 1. The molecule has 1 fully saturated rings. The van der Waals surface area contributed by atoms with Crippen LogP contribution in [-0.4, -0.2) is 37.0 Å². The maximum Gasteiger partial charge on any atom is 0.161 e. The minimum atomic E-state index is -0.418. The standard InChI is InChI=1S/C26H27ClN4O2S/c1-16-17(15-30-9-11-33-12-10-30)13-23(34-16)24-20(14-28)26(29)31(19-7-5-18(27)6-8-19)21-3-2-4-22(32)25(21)24/h5-8,13,24H,2-4,9-12,15,29H2,1H3. The lowest BCUT2D eigenvalue weighted by molar-refractivity contribution is -0.116. The maximum atomic E-state index is 13.3. The molecule has 2 aromatic rings. The molecule has 176 valence electrons. The van der Waals surface area contributed by atoms with E-state index < -0.39 is 5.92 Å². The van der Waals surface area contributed by atoms with Crippen molar-refractivity contribution in [2.75, 3.05) is 31.2 Å². The summed E-state index contributed by atoms with van der Waals surface area (Å²) in [7, 11) is 0. The average molecular weight is 495 g/mol. The monoisotopic (exact) mass is 494 g/mol. The second-order valence-corrected chi connectivity index (χ2v) is 10.6. The first-order valence-corrected chi connectivity index (χ1v) is 12.8. The Morgan fingerprint density at radius 1 is 1.24 bits per heavy atom. The molecule has 8 heteroatoms. The third kappa shape index (κ3) is 4.16. The van der Waals surface area contributed by atoms with Crippen molar-refractivity contribution < 1.29 is 9.53 Å². The number of hydrogen-bond donors (Lipinski definition) is 1. The number of Topliss-reactive ketones (excluding diaryl/α,β-unsaturated/α-hetero) is 1. The van der Waals surface area contributed by atoms with E-state index in [9.17, 15) is 10.1 Å². The van der Waals surface area contributed by atoms with Gasteiger partial charge in [0.05, 0.1) is 30.8 Å². The summed E-state index contributed by atoms with van der Waals surface area (Å²) in [6.07, 6.45) is 2.01. The van der Waals surface area contributed by atoms with E-state index >= 15 is 0 Å². The Bertz CT molecular complexity index is 1220. The van der Waals surface area contributed by atoms with Crippen molar-refractivity contribution in [2.24, 2.45) is 5.73 Å². The number of rotatable bonds is 4. The number of nitrogens with zero attached hydrogens (tertiary/aromatic N) is 3. The third-order valence-corrected chi connectivity index (χ3v) is 8.23. The Morgan fingerprint density at radius 3 is 2.68 bits per heavy atom. The second-order valence-electron chi connectivity index (χ2n) is 8.91. The molecule has 6 nitrogen and oxygen atoms in total. The summed E-state index contributed by atoms with van der Waals surface area (Å²) in [4.78, 5) is 19.8. The van der Waals surface area contributed by atoms with Gasteiger partial charge in [-0.3, -0.25) is 14.6 Å². The number of halogens is 1. The molecule has 1 unspecified atom stereocenters. The van der Waals surface area contributed by atoms with Gasteiger partial charge in [-0.15, -0.1) is 11.3 Å². The molecule has 1 aromatic heterocycles. The smallest absolute Gasteiger partial charge is 0.161 e. The quantitative estimate of drug-likeness (QED) is 0.654. The predicted molar refractivity (Wildman–Crippen MR) is 135 cm³/mol. The van der Waals surface area contributed by atoms with Gasteiger partial charge in [-0.1, -0.05) is 11.6 Å². The van der Waals surface area contributed by atoms with E-state index in [4.69, 9.17) is 22.1 Å². The molecule has 0 bridgehead atoms. The van der Waals surface area contributed by atoms with Crippen LogP contribution in [0.25, 0.3) is 0 Å². The Balaban J connectivity index is 1.59. The van der Waals surface area contributed by atoms with Gasteiger partial charge in [0.2, 0.25) is 0 Å². The van der Waals surface area contributed by atoms with E-state index in [1.54, 1.807) is 23.5 Å². The zero-order chi connectivity index (χ0) is 23.8. The normalized spacial score (nSPS) is 21.6. The largest absolute Gasteiger partial charge is 0.384 e. The number of carbonyl (C=O) groups is 1. The summed E-state index contributed by atoms with van der Waals surface area (Å²) in [5, 5.41) is 10.9. The molecule has 0 saturated carbocycles. The number of ketones is 1. The highest BCUT2D eigenvalue weighted by atomic mass is 35.5. The zero-order valence-electron chi connectivity index (χ0n) is 19.1. The molecule has 2 N–H and O–H groups in total. The number of aryl methyl sites for hydroxylation is 1. The fraction of sp³-hybridized carbons (Fsp3) is 0.385. The molecule has 0 radical (unpaired) electrons.